The van der Waals surface area contributed by atoms with E-state index in [4.69, 9.17) is 17.3 Å². The minimum Gasteiger partial charge on any atom is -0.388 e. The number of benzene rings is 2. The molecule has 0 saturated carbocycles. The standard InChI is InChI=1S/C17H20ClNO/c1-11-3-5-13(6-4-11)15(10-19)17(20)14-7-8-16(18)12(2)9-14/h3-9,15,17,20H,10,19H2,1-2H3. The van der Waals surface area contributed by atoms with Gasteiger partial charge in [0, 0.05) is 17.5 Å². The third-order valence-electron chi connectivity index (χ3n) is 3.66. The molecule has 2 nitrogen and oxygen atoms in total. The van der Waals surface area contributed by atoms with Crippen LogP contribution in [0, 0.1) is 13.8 Å². The Morgan fingerprint density at radius 3 is 2.20 bits per heavy atom. The lowest BCUT2D eigenvalue weighted by Crippen LogP contribution is -2.20. The summed E-state index contributed by atoms with van der Waals surface area (Å²) in [6.45, 7) is 4.37. The predicted molar refractivity (Wildman–Crippen MR) is 84.1 cm³/mol. The fourth-order valence-corrected chi connectivity index (χ4v) is 2.46. The quantitative estimate of drug-likeness (QED) is 0.901. The summed E-state index contributed by atoms with van der Waals surface area (Å²) in [6, 6.07) is 13.7. The van der Waals surface area contributed by atoms with Crippen LogP contribution in [-0.4, -0.2) is 11.7 Å². The highest BCUT2D eigenvalue weighted by Crippen LogP contribution is 2.31. The maximum Gasteiger partial charge on any atom is 0.0870 e. The molecule has 3 N–H and O–H groups in total. The van der Waals surface area contributed by atoms with Gasteiger partial charge in [-0.05, 0) is 36.6 Å². The second-order valence-corrected chi connectivity index (χ2v) is 5.61. The Bertz CT molecular complexity index is 580. The van der Waals surface area contributed by atoms with Crippen LogP contribution in [0.1, 0.15) is 34.3 Å². The predicted octanol–water partition coefficient (Wildman–Crippen LogP) is 3.73. The molecule has 2 aromatic rings. The Hall–Kier alpha value is -1.35. The molecule has 3 heteroatoms. The van der Waals surface area contributed by atoms with Gasteiger partial charge in [-0.3, -0.25) is 0 Å². The summed E-state index contributed by atoms with van der Waals surface area (Å²) in [4.78, 5) is 0. The van der Waals surface area contributed by atoms with Gasteiger partial charge in [0.1, 0.15) is 0 Å². The fraction of sp³-hybridized carbons (Fsp3) is 0.294. The van der Waals surface area contributed by atoms with Gasteiger partial charge in [0.25, 0.3) is 0 Å². The van der Waals surface area contributed by atoms with E-state index in [-0.39, 0.29) is 5.92 Å². The van der Waals surface area contributed by atoms with Gasteiger partial charge in [-0.2, -0.15) is 0 Å². The molecule has 0 bridgehead atoms. The monoisotopic (exact) mass is 289 g/mol. The summed E-state index contributed by atoms with van der Waals surface area (Å²) in [5.74, 6) is -0.115. The zero-order valence-corrected chi connectivity index (χ0v) is 12.6. The van der Waals surface area contributed by atoms with Crippen molar-refractivity contribution in [3.8, 4) is 0 Å². The van der Waals surface area contributed by atoms with Crippen LogP contribution in [0.5, 0.6) is 0 Å². The minimum atomic E-state index is -0.626. The molecule has 20 heavy (non-hydrogen) atoms. The molecule has 0 aliphatic carbocycles. The van der Waals surface area contributed by atoms with Crippen molar-refractivity contribution >= 4 is 11.6 Å². The maximum atomic E-state index is 10.6. The van der Waals surface area contributed by atoms with E-state index >= 15 is 0 Å². The molecule has 106 valence electrons. The highest BCUT2D eigenvalue weighted by atomic mass is 35.5. The van der Waals surface area contributed by atoms with E-state index in [0.717, 1.165) is 16.7 Å². The SMILES string of the molecule is Cc1ccc(C(CN)C(O)c2ccc(Cl)c(C)c2)cc1. The number of hydrogen-bond acceptors (Lipinski definition) is 2. The molecule has 0 aromatic heterocycles. The number of hydrogen-bond donors (Lipinski definition) is 2. The van der Waals surface area contributed by atoms with Crippen LogP contribution in [0.3, 0.4) is 0 Å². The summed E-state index contributed by atoms with van der Waals surface area (Å²) in [5, 5.41) is 11.3. The van der Waals surface area contributed by atoms with E-state index in [1.54, 1.807) is 0 Å². The van der Waals surface area contributed by atoms with Gasteiger partial charge < -0.3 is 10.8 Å². The number of halogens is 1. The van der Waals surface area contributed by atoms with Crippen molar-refractivity contribution in [3.05, 3.63) is 69.7 Å². The summed E-state index contributed by atoms with van der Waals surface area (Å²) >= 11 is 6.03. The van der Waals surface area contributed by atoms with E-state index in [1.807, 2.05) is 56.3 Å². The minimum absolute atomic E-state index is 0.115. The lowest BCUT2D eigenvalue weighted by atomic mass is 9.88. The van der Waals surface area contributed by atoms with Crippen molar-refractivity contribution < 1.29 is 5.11 Å². The van der Waals surface area contributed by atoms with Crippen molar-refractivity contribution in [2.75, 3.05) is 6.54 Å². The van der Waals surface area contributed by atoms with Gasteiger partial charge in [-0.25, -0.2) is 0 Å². The van der Waals surface area contributed by atoms with Crippen LogP contribution in [0.15, 0.2) is 42.5 Å². The third-order valence-corrected chi connectivity index (χ3v) is 4.09. The van der Waals surface area contributed by atoms with Crippen LogP contribution < -0.4 is 5.73 Å². The van der Waals surface area contributed by atoms with Gasteiger partial charge in [0.15, 0.2) is 0 Å². The van der Waals surface area contributed by atoms with Crippen LogP contribution in [-0.2, 0) is 0 Å². The molecule has 0 heterocycles. The molecule has 0 radical (unpaired) electrons. The third kappa shape index (κ3) is 3.21. The highest BCUT2D eigenvalue weighted by Gasteiger charge is 2.21. The second-order valence-electron chi connectivity index (χ2n) is 5.21. The Morgan fingerprint density at radius 1 is 1.05 bits per heavy atom. The molecular weight excluding hydrogens is 270 g/mol. The number of aryl methyl sites for hydroxylation is 2. The van der Waals surface area contributed by atoms with Crippen molar-refractivity contribution in [1.82, 2.24) is 0 Å². The largest absolute Gasteiger partial charge is 0.388 e. The number of aliphatic hydroxyl groups excluding tert-OH is 1. The van der Waals surface area contributed by atoms with Crippen molar-refractivity contribution in [2.24, 2.45) is 5.73 Å². The summed E-state index contributed by atoms with van der Waals surface area (Å²) < 4.78 is 0. The molecule has 0 aliphatic rings. The first-order valence-electron chi connectivity index (χ1n) is 6.73. The molecule has 2 aromatic carbocycles. The molecule has 0 saturated heterocycles. The van der Waals surface area contributed by atoms with E-state index in [0.29, 0.717) is 11.6 Å². The molecular formula is C17H20ClNO. The van der Waals surface area contributed by atoms with Crippen molar-refractivity contribution in [3.63, 3.8) is 0 Å². The fourth-order valence-electron chi connectivity index (χ4n) is 2.35. The Balaban J connectivity index is 2.30. The normalized spacial score (nSPS) is 14.1. The average molecular weight is 290 g/mol. The maximum absolute atomic E-state index is 10.6. The molecule has 0 aliphatic heterocycles. The lowest BCUT2D eigenvalue weighted by molar-refractivity contribution is 0.147. The zero-order valence-electron chi connectivity index (χ0n) is 11.8. The lowest BCUT2D eigenvalue weighted by Gasteiger charge is -2.23. The van der Waals surface area contributed by atoms with E-state index in [1.165, 1.54) is 5.56 Å². The van der Waals surface area contributed by atoms with Crippen molar-refractivity contribution in [1.29, 1.82) is 0 Å². The van der Waals surface area contributed by atoms with Crippen LogP contribution in [0.25, 0.3) is 0 Å². The Morgan fingerprint density at radius 2 is 1.65 bits per heavy atom. The van der Waals surface area contributed by atoms with Crippen LogP contribution in [0.4, 0.5) is 0 Å². The van der Waals surface area contributed by atoms with E-state index < -0.39 is 6.10 Å². The van der Waals surface area contributed by atoms with Gasteiger partial charge in [0.2, 0.25) is 0 Å². The number of nitrogens with two attached hydrogens (primary N) is 1. The van der Waals surface area contributed by atoms with Crippen molar-refractivity contribution in [2.45, 2.75) is 25.9 Å². The number of aliphatic hydroxyl groups is 1. The first-order valence-corrected chi connectivity index (χ1v) is 7.11. The Labute approximate surface area is 125 Å². The average Bonchev–Trinajstić information content (AvgIpc) is 2.44. The highest BCUT2D eigenvalue weighted by molar-refractivity contribution is 6.31. The van der Waals surface area contributed by atoms with Gasteiger partial charge in [-0.15, -0.1) is 0 Å². The molecule has 0 spiro atoms. The van der Waals surface area contributed by atoms with Gasteiger partial charge in [-0.1, -0.05) is 53.6 Å². The van der Waals surface area contributed by atoms with Gasteiger partial charge in [0.05, 0.1) is 6.10 Å². The molecule has 0 fully saturated rings. The first-order chi connectivity index (χ1) is 9.52. The van der Waals surface area contributed by atoms with E-state index in [2.05, 4.69) is 0 Å². The summed E-state index contributed by atoms with van der Waals surface area (Å²) in [6.07, 6.45) is -0.626. The molecule has 2 atom stereocenters. The topological polar surface area (TPSA) is 46.2 Å². The van der Waals surface area contributed by atoms with E-state index in [9.17, 15) is 5.11 Å². The summed E-state index contributed by atoms with van der Waals surface area (Å²) in [5.41, 5.74) is 9.92. The van der Waals surface area contributed by atoms with Gasteiger partial charge >= 0.3 is 0 Å². The Kier molecular flexibility index (Phi) is 4.81. The van der Waals surface area contributed by atoms with Crippen LogP contribution >= 0.6 is 11.6 Å². The zero-order chi connectivity index (χ0) is 14.7. The first kappa shape index (κ1) is 15.0. The van der Waals surface area contributed by atoms with Crippen LogP contribution in [0.2, 0.25) is 5.02 Å². The smallest absolute Gasteiger partial charge is 0.0870 e. The second kappa shape index (κ2) is 6.40. The summed E-state index contributed by atoms with van der Waals surface area (Å²) in [7, 11) is 0. The number of rotatable bonds is 4. The molecule has 2 rings (SSSR count). The molecule has 0 amide bonds. The molecule has 2 unspecified atom stereocenters.